The Hall–Kier alpha value is -0.570. The molecule has 0 aromatic carbocycles. The number of hydrogen-bond donors (Lipinski definition) is 0. The van der Waals surface area contributed by atoms with Crippen molar-refractivity contribution < 1.29 is 14.3 Å². The van der Waals surface area contributed by atoms with Crippen LogP contribution < -0.4 is 0 Å². The van der Waals surface area contributed by atoms with Crippen molar-refractivity contribution in [3.63, 3.8) is 0 Å². The van der Waals surface area contributed by atoms with Crippen LogP contribution in [0.1, 0.15) is 59.8 Å². The third-order valence-corrected chi connectivity index (χ3v) is 4.74. The zero-order valence-electron chi connectivity index (χ0n) is 13.0. The van der Waals surface area contributed by atoms with E-state index in [-0.39, 0.29) is 11.6 Å². The molecule has 0 saturated heterocycles. The van der Waals surface area contributed by atoms with Crippen molar-refractivity contribution in [1.29, 1.82) is 0 Å². The molecule has 0 aromatic heterocycles. The fourth-order valence-corrected chi connectivity index (χ4v) is 3.84. The molecule has 0 aromatic rings. The molecule has 0 bridgehead atoms. The smallest absolute Gasteiger partial charge is 0.306 e. The van der Waals surface area contributed by atoms with Crippen molar-refractivity contribution in [1.82, 2.24) is 0 Å². The Morgan fingerprint density at radius 3 is 2.32 bits per heavy atom. The second-order valence-corrected chi connectivity index (χ2v) is 7.67. The van der Waals surface area contributed by atoms with E-state index >= 15 is 0 Å². The molecule has 2 saturated carbocycles. The van der Waals surface area contributed by atoms with E-state index in [9.17, 15) is 4.79 Å². The van der Waals surface area contributed by atoms with Crippen LogP contribution >= 0.6 is 0 Å². The van der Waals surface area contributed by atoms with Crippen LogP contribution in [0.3, 0.4) is 0 Å². The molecule has 110 valence electrons. The lowest BCUT2D eigenvalue weighted by Crippen LogP contribution is -2.51. The molecule has 3 nitrogen and oxygen atoms in total. The van der Waals surface area contributed by atoms with E-state index in [4.69, 9.17) is 9.47 Å². The molecule has 0 heterocycles. The SMILES string of the molecule is COC(C)C1CC2(CC(CC(=O)OC(C)(C)C)C2)C1. The van der Waals surface area contributed by atoms with E-state index in [1.807, 2.05) is 20.8 Å². The maximum absolute atomic E-state index is 11.8. The van der Waals surface area contributed by atoms with Gasteiger partial charge in [-0.3, -0.25) is 4.79 Å². The minimum absolute atomic E-state index is 0.0338. The lowest BCUT2D eigenvalue weighted by atomic mass is 9.47. The quantitative estimate of drug-likeness (QED) is 0.731. The van der Waals surface area contributed by atoms with Crippen LogP contribution in [0.4, 0.5) is 0 Å². The molecule has 19 heavy (non-hydrogen) atoms. The van der Waals surface area contributed by atoms with E-state index in [0.29, 0.717) is 23.9 Å². The van der Waals surface area contributed by atoms with Crippen molar-refractivity contribution in [2.24, 2.45) is 17.3 Å². The average molecular weight is 268 g/mol. The summed E-state index contributed by atoms with van der Waals surface area (Å²) in [7, 11) is 1.79. The largest absolute Gasteiger partial charge is 0.460 e. The molecule has 2 aliphatic carbocycles. The number of esters is 1. The van der Waals surface area contributed by atoms with Crippen LogP contribution in [0.15, 0.2) is 0 Å². The number of rotatable bonds is 4. The lowest BCUT2D eigenvalue weighted by molar-refractivity contribution is -0.162. The highest BCUT2D eigenvalue weighted by molar-refractivity contribution is 5.70. The van der Waals surface area contributed by atoms with Gasteiger partial charge in [0.2, 0.25) is 0 Å². The Bertz CT molecular complexity index is 328. The predicted octanol–water partition coefficient (Wildman–Crippen LogP) is 3.56. The summed E-state index contributed by atoms with van der Waals surface area (Å²) in [6, 6.07) is 0. The second-order valence-electron chi connectivity index (χ2n) is 7.67. The Balaban J connectivity index is 1.67. The first-order valence-corrected chi connectivity index (χ1v) is 7.48. The summed E-state index contributed by atoms with van der Waals surface area (Å²) >= 11 is 0. The summed E-state index contributed by atoms with van der Waals surface area (Å²) in [5.74, 6) is 1.25. The molecule has 0 N–H and O–H groups in total. The van der Waals surface area contributed by atoms with E-state index < -0.39 is 0 Å². The summed E-state index contributed by atoms with van der Waals surface area (Å²) < 4.78 is 10.8. The number of ether oxygens (including phenoxy) is 2. The van der Waals surface area contributed by atoms with E-state index in [1.165, 1.54) is 25.7 Å². The van der Waals surface area contributed by atoms with Crippen LogP contribution in [0.5, 0.6) is 0 Å². The van der Waals surface area contributed by atoms with Crippen molar-refractivity contribution in [2.75, 3.05) is 7.11 Å². The van der Waals surface area contributed by atoms with Crippen LogP contribution in [-0.4, -0.2) is 24.8 Å². The molecule has 0 amide bonds. The molecule has 2 fully saturated rings. The van der Waals surface area contributed by atoms with E-state index in [1.54, 1.807) is 7.11 Å². The molecule has 3 heteroatoms. The van der Waals surface area contributed by atoms with Gasteiger partial charge in [-0.1, -0.05) is 0 Å². The van der Waals surface area contributed by atoms with Crippen molar-refractivity contribution in [2.45, 2.75) is 71.5 Å². The Labute approximate surface area is 117 Å². The number of carbonyl (C=O) groups excluding carboxylic acids is 1. The minimum atomic E-state index is -0.353. The van der Waals surface area contributed by atoms with Crippen LogP contribution in [0.25, 0.3) is 0 Å². The van der Waals surface area contributed by atoms with Gasteiger partial charge in [0.1, 0.15) is 5.60 Å². The highest BCUT2D eigenvalue weighted by atomic mass is 16.6. The molecular formula is C16H28O3. The summed E-state index contributed by atoms with van der Waals surface area (Å²) in [6.45, 7) is 7.94. The highest BCUT2D eigenvalue weighted by Gasteiger charge is 2.54. The molecule has 1 spiro atoms. The van der Waals surface area contributed by atoms with Crippen molar-refractivity contribution in [3.05, 3.63) is 0 Å². The normalized spacial score (nSPS) is 35.4. The monoisotopic (exact) mass is 268 g/mol. The molecule has 0 aliphatic heterocycles. The summed E-state index contributed by atoms with van der Waals surface area (Å²) in [5.41, 5.74) is 0.193. The first-order valence-electron chi connectivity index (χ1n) is 7.48. The van der Waals surface area contributed by atoms with Crippen LogP contribution in [0.2, 0.25) is 0 Å². The van der Waals surface area contributed by atoms with E-state index in [0.717, 1.165) is 5.92 Å². The summed E-state index contributed by atoms with van der Waals surface area (Å²) in [5, 5.41) is 0. The van der Waals surface area contributed by atoms with Crippen molar-refractivity contribution in [3.8, 4) is 0 Å². The summed E-state index contributed by atoms with van der Waals surface area (Å²) in [4.78, 5) is 11.8. The predicted molar refractivity (Wildman–Crippen MR) is 74.8 cm³/mol. The van der Waals surface area contributed by atoms with Gasteiger partial charge in [-0.2, -0.15) is 0 Å². The van der Waals surface area contributed by atoms with Gasteiger partial charge in [-0.15, -0.1) is 0 Å². The van der Waals surface area contributed by atoms with Gasteiger partial charge in [0.25, 0.3) is 0 Å². The van der Waals surface area contributed by atoms with Crippen LogP contribution in [-0.2, 0) is 14.3 Å². The second kappa shape index (κ2) is 5.08. The Kier molecular flexibility index (Phi) is 3.97. The Morgan fingerprint density at radius 2 is 1.84 bits per heavy atom. The van der Waals surface area contributed by atoms with Gasteiger partial charge in [0.05, 0.1) is 6.10 Å². The van der Waals surface area contributed by atoms with E-state index in [2.05, 4.69) is 6.92 Å². The molecule has 2 aliphatic rings. The minimum Gasteiger partial charge on any atom is -0.460 e. The van der Waals surface area contributed by atoms with Gasteiger partial charge in [0.15, 0.2) is 0 Å². The van der Waals surface area contributed by atoms with Gasteiger partial charge in [-0.25, -0.2) is 0 Å². The zero-order chi connectivity index (χ0) is 14.3. The van der Waals surface area contributed by atoms with Gasteiger partial charge in [-0.05, 0) is 70.6 Å². The summed E-state index contributed by atoms with van der Waals surface area (Å²) in [6.07, 6.45) is 5.97. The Morgan fingerprint density at radius 1 is 1.26 bits per heavy atom. The first kappa shape index (κ1) is 14.8. The first-order chi connectivity index (χ1) is 8.73. The maximum Gasteiger partial charge on any atom is 0.306 e. The van der Waals surface area contributed by atoms with Crippen LogP contribution in [0, 0.1) is 17.3 Å². The molecule has 1 atom stereocenters. The number of hydrogen-bond acceptors (Lipinski definition) is 3. The standard InChI is InChI=1S/C16H28O3/c1-11(18-5)13-9-16(10-13)7-12(8-16)6-14(17)19-15(2,3)4/h11-13H,6-10H2,1-5H3. The van der Waals surface area contributed by atoms with Crippen molar-refractivity contribution >= 4 is 5.97 Å². The fraction of sp³-hybridized carbons (Fsp3) is 0.938. The maximum atomic E-state index is 11.8. The molecular weight excluding hydrogens is 240 g/mol. The zero-order valence-corrected chi connectivity index (χ0v) is 13.0. The van der Waals surface area contributed by atoms with Gasteiger partial charge < -0.3 is 9.47 Å². The molecule has 0 radical (unpaired) electrons. The lowest BCUT2D eigenvalue weighted by Gasteiger charge is -2.59. The third-order valence-electron chi connectivity index (χ3n) is 4.74. The topological polar surface area (TPSA) is 35.5 Å². The highest BCUT2D eigenvalue weighted by Crippen LogP contribution is 2.62. The molecule has 2 rings (SSSR count). The van der Waals surface area contributed by atoms with Gasteiger partial charge in [0, 0.05) is 13.5 Å². The van der Waals surface area contributed by atoms with Gasteiger partial charge >= 0.3 is 5.97 Å². The number of methoxy groups -OCH3 is 1. The third kappa shape index (κ3) is 3.50. The number of carbonyl (C=O) groups is 1. The molecule has 1 unspecified atom stereocenters. The average Bonchev–Trinajstić information content (AvgIpc) is 2.15. The fourth-order valence-electron chi connectivity index (χ4n) is 3.84.